The Morgan fingerprint density at radius 1 is 1.00 bits per heavy atom. The Hall–Kier alpha value is -1.13. The van der Waals surface area contributed by atoms with Crippen LogP contribution in [0.5, 0.6) is 0 Å². The zero-order valence-corrected chi connectivity index (χ0v) is 15.9. The van der Waals surface area contributed by atoms with Crippen molar-refractivity contribution in [2.75, 3.05) is 31.0 Å². The minimum atomic E-state index is -3.56. The first kappa shape index (κ1) is 18.7. The second-order valence-corrected chi connectivity index (χ2v) is 9.00. The molecular weight excluding hydrogens is 343 g/mol. The van der Waals surface area contributed by atoms with E-state index in [-0.39, 0.29) is 0 Å². The van der Waals surface area contributed by atoms with Gasteiger partial charge in [0.05, 0.1) is 24.4 Å². The van der Waals surface area contributed by atoms with Crippen molar-refractivity contribution < 1.29 is 22.5 Å². The molecule has 1 aromatic carbocycles. The van der Waals surface area contributed by atoms with E-state index in [0.717, 1.165) is 5.46 Å². The predicted octanol–water partition coefficient (Wildman–Crippen LogP) is 0.975. The van der Waals surface area contributed by atoms with Crippen molar-refractivity contribution in [3.63, 3.8) is 0 Å². The van der Waals surface area contributed by atoms with Gasteiger partial charge >= 0.3 is 17.3 Å². The first-order valence-electron chi connectivity index (χ1n) is 8.42. The van der Waals surface area contributed by atoms with Gasteiger partial charge in [0.15, 0.2) is 0 Å². The highest BCUT2D eigenvalue weighted by Crippen LogP contribution is 2.36. The van der Waals surface area contributed by atoms with E-state index < -0.39 is 28.5 Å². The van der Waals surface area contributed by atoms with Crippen LogP contribution >= 0.6 is 0 Å². The van der Waals surface area contributed by atoms with Crippen molar-refractivity contribution in [3.05, 3.63) is 24.3 Å². The van der Waals surface area contributed by atoms with Crippen molar-refractivity contribution in [1.29, 1.82) is 0 Å². The highest BCUT2D eigenvalue weighted by Gasteiger charge is 2.51. The minimum absolute atomic E-state index is 0.362. The number of ether oxygens (including phenoxy) is 1. The summed E-state index contributed by atoms with van der Waals surface area (Å²) in [4.78, 5) is 0. The molecular formula is C16H25BN2O5S. The third kappa shape index (κ3) is 3.85. The number of hydrogen-bond acceptors (Lipinski definition) is 5. The molecule has 2 aliphatic heterocycles. The summed E-state index contributed by atoms with van der Waals surface area (Å²) < 4.78 is 45.9. The molecule has 0 radical (unpaired) electrons. The summed E-state index contributed by atoms with van der Waals surface area (Å²) in [5.74, 6) is 0. The molecule has 0 aromatic heterocycles. The van der Waals surface area contributed by atoms with Gasteiger partial charge in [-0.15, -0.1) is 0 Å². The lowest BCUT2D eigenvalue weighted by Gasteiger charge is -2.32. The van der Waals surface area contributed by atoms with Crippen molar-refractivity contribution in [1.82, 2.24) is 4.31 Å². The molecule has 7 nitrogen and oxygen atoms in total. The van der Waals surface area contributed by atoms with E-state index in [1.54, 1.807) is 12.1 Å². The second-order valence-electron chi connectivity index (χ2n) is 7.33. The Balaban J connectivity index is 1.69. The molecule has 0 saturated carbocycles. The van der Waals surface area contributed by atoms with Gasteiger partial charge in [0.1, 0.15) is 0 Å². The highest BCUT2D eigenvalue weighted by atomic mass is 32.2. The van der Waals surface area contributed by atoms with E-state index in [1.807, 2.05) is 39.8 Å². The van der Waals surface area contributed by atoms with Gasteiger partial charge in [0.25, 0.3) is 0 Å². The van der Waals surface area contributed by atoms with Gasteiger partial charge in [-0.25, -0.2) is 0 Å². The molecule has 0 atom stereocenters. The Morgan fingerprint density at radius 2 is 1.52 bits per heavy atom. The summed E-state index contributed by atoms with van der Waals surface area (Å²) in [6.07, 6.45) is 0. The van der Waals surface area contributed by atoms with Crippen LogP contribution in [0, 0.1) is 0 Å². The third-order valence-electron chi connectivity index (χ3n) is 4.99. The fourth-order valence-electron chi connectivity index (χ4n) is 2.69. The summed E-state index contributed by atoms with van der Waals surface area (Å²) in [5.41, 5.74) is 0.544. The van der Waals surface area contributed by atoms with E-state index in [0.29, 0.717) is 32.0 Å². The average molecular weight is 368 g/mol. The lowest BCUT2D eigenvalue weighted by molar-refractivity contribution is 0.00578. The number of anilines is 1. The lowest BCUT2D eigenvalue weighted by atomic mass is 9.79. The van der Waals surface area contributed by atoms with E-state index in [2.05, 4.69) is 4.72 Å². The third-order valence-corrected chi connectivity index (χ3v) is 6.53. The van der Waals surface area contributed by atoms with Crippen LogP contribution in [0.3, 0.4) is 0 Å². The van der Waals surface area contributed by atoms with Gasteiger partial charge in [0, 0.05) is 18.8 Å². The van der Waals surface area contributed by atoms with Crippen LogP contribution in [-0.4, -0.2) is 57.3 Å². The smallest absolute Gasteiger partial charge is 0.399 e. The van der Waals surface area contributed by atoms with Gasteiger partial charge in [-0.3, -0.25) is 4.72 Å². The second kappa shape index (κ2) is 6.55. The van der Waals surface area contributed by atoms with Crippen molar-refractivity contribution >= 4 is 28.5 Å². The number of benzene rings is 1. The first-order chi connectivity index (χ1) is 11.6. The molecule has 25 heavy (non-hydrogen) atoms. The molecule has 9 heteroatoms. The van der Waals surface area contributed by atoms with Crippen molar-refractivity contribution in [2.24, 2.45) is 0 Å². The normalized spacial score (nSPS) is 23.6. The molecule has 0 unspecified atom stereocenters. The fraction of sp³-hybridized carbons (Fsp3) is 0.625. The number of rotatable bonds is 4. The van der Waals surface area contributed by atoms with Gasteiger partial charge in [-0.05, 0) is 45.3 Å². The summed E-state index contributed by atoms with van der Waals surface area (Å²) in [7, 11) is -4.03. The van der Waals surface area contributed by atoms with Gasteiger partial charge in [-0.1, -0.05) is 12.1 Å². The summed E-state index contributed by atoms with van der Waals surface area (Å²) in [6.45, 7) is 9.55. The molecule has 2 saturated heterocycles. The molecule has 0 bridgehead atoms. The molecule has 3 rings (SSSR count). The SMILES string of the molecule is CC1(C)OB(c2ccc(NS(=O)(=O)N3CCOCC3)cc2)OC1(C)C. The summed E-state index contributed by atoms with van der Waals surface area (Å²) in [5, 5.41) is 0. The average Bonchev–Trinajstić information content (AvgIpc) is 2.77. The van der Waals surface area contributed by atoms with Crippen molar-refractivity contribution in [3.8, 4) is 0 Å². The lowest BCUT2D eigenvalue weighted by Crippen LogP contribution is -2.43. The molecule has 138 valence electrons. The quantitative estimate of drug-likeness (QED) is 0.802. The number of hydrogen-bond donors (Lipinski definition) is 1. The maximum Gasteiger partial charge on any atom is 0.494 e. The van der Waals surface area contributed by atoms with E-state index in [1.165, 1.54) is 4.31 Å². The number of morpholine rings is 1. The van der Waals surface area contributed by atoms with Gasteiger partial charge < -0.3 is 14.0 Å². The molecule has 0 amide bonds. The summed E-state index contributed by atoms with van der Waals surface area (Å²) >= 11 is 0. The van der Waals surface area contributed by atoms with Crippen LogP contribution in [0.4, 0.5) is 5.69 Å². The highest BCUT2D eigenvalue weighted by molar-refractivity contribution is 7.90. The molecule has 2 heterocycles. The molecule has 1 N–H and O–H groups in total. The van der Waals surface area contributed by atoms with Crippen LogP contribution in [0.15, 0.2) is 24.3 Å². The Bertz CT molecular complexity index is 699. The van der Waals surface area contributed by atoms with E-state index in [9.17, 15) is 8.42 Å². The first-order valence-corrected chi connectivity index (χ1v) is 9.86. The maximum absolute atomic E-state index is 12.4. The standard InChI is InChI=1S/C16H25BN2O5S/c1-15(2)16(3,4)24-17(23-15)13-5-7-14(8-6-13)18-25(20,21)19-9-11-22-12-10-19/h5-8,18H,9-12H2,1-4H3. The zero-order chi connectivity index (χ0) is 18.3. The molecule has 0 spiro atoms. The monoisotopic (exact) mass is 368 g/mol. The Labute approximate surface area is 150 Å². The molecule has 2 aliphatic rings. The largest absolute Gasteiger partial charge is 0.494 e. The summed E-state index contributed by atoms with van der Waals surface area (Å²) in [6, 6.07) is 7.08. The predicted molar refractivity (Wildman–Crippen MR) is 97.1 cm³/mol. The number of nitrogens with zero attached hydrogens (tertiary/aromatic N) is 1. The van der Waals surface area contributed by atoms with Crippen LogP contribution in [-0.2, 0) is 24.3 Å². The topological polar surface area (TPSA) is 77.1 Å². The molecule has 0 aliphatic carbocycles. The van der Waals surface area contributed by atoms with Crippen LogP contribution in [0.2, 0.25) is 0 Å². The Kier molecular flexibility index (Phi) is 4.89. The molecule has 1 aromatic rings. The van der Waals surface area contributed by atoms with Crippen molar-refractivity contribution in [2.45, 2.75) is 38.9 Å². The maximum atomic E-state index is 12.4. The Morgan fingerprint density at radius 3 is 2.04 bits per heavy atom. The van der Waals surface area contributed by atoms with Gasteiger partial charge in [0.2, 0.25) is 0 Å². The van der Waals surface area contributed by atoms with E-state index in [4.69, 9.17) is 14.0 Å². The molecule has 2 fully saturated rings. The van der Waals surface area contributed by atoms with Crippen LogP contribution < -0.4 is 10.2 Å². The minimum Gasteiger partial charge on any atom is -0.399 e. The van der Waals surface area contributed by atoms with Crippen LogP contribution in [0.25, 0.3) is 0 Å². The van der Waals surface area contributed by atoms with Gasteiger partial charge in [-0.2, -0.15) is 12.7 Å². The van der Waals surface area contributed by atoms with E-state index >= 15 is 0 Å². The number of nitrogens with one attached hydrogen (secondary N) is 1. The zero-order valence-electron chi connectivity index (χ0n) is 15.1. The fourth-order valence-corrected chi connectivity index (χ4v) is 3.88. The van der Waals surface area contributed by atoms with Crippen LogP contribution in [0.1, 0.15) is 27.7 Å².